The molecule has 0 aliphatic carbocycles. The number of ether oxygens (including phenoxy) is 1. The van der Waals surface area contributed by atoms with Gasteiger partial charge < -0.3 is 15.0 Å². The molecule has 5 heteroatoms. The van der Waals surface area contributed by atoms with Crippen LogP contribution in [0.4, 0.5) is 0 Å². The highest BCUT2D eigenvalue weighted by Crippen LogP contribution is 2.25. The minimum absolute atomic E-state index is 0.129. The Labute approximate surface area is 184 Å². The summed E-state index contributed by atoms with van der Waals surface area (Å²) >= 11 is 0. The molecular formula is C26H30N2O3. The third kappa shape index (κ3) is 5.63. The van der Waals surface area contributed by atoms with Gasteiger partial charge in [0.1, 0.15) is 11.8 Å². The fourth-order valence-electron chi connectivity index (χ4n) is 3.76. The van der Waals surface area contributed by atoms with Gasteiger partial charge in [-0.2, -0.15) is 0 Å². The van der Waals surface area contributed by atoms with E-state index in [-0.39, 0.29) is 18.4 Å². The summed E-state index contributed by atoms with van der Waals surface area (Å²) in [6.45, 7) is 6.56. The van der Waals surface area contributed by atoms with Crippen molar-refractivity contribution in [2.45, 2.75) is 39.8 Å². The van der Waals surface area contributed by atoms with E-state index in [2.05, 4.69) is 5.32 Å². The molecule has 3 aromatic carbocycles. The molecule has 0 aromatic heterocycles. The maximum absolute atomic E-state index is 13.3. The van der Waals surface area contributed by atoms with Gasteiger partial charge in [-0.3, -0.25) is 9.59 Å². The Morgan fingerprint density at radius 3 is 2.48 bits per heavy atom. The fraction of sp³-hybridized carbons (Fsp3) is 0.308. The molecule has 3 aromatic rings. The highest BCUT2D eigenvalue weighted by Gasteiger charge is 2.28. The van der Waals surface area contributed by atoms with Gasteiger partial charge in [-0.25, -0.2) is 0 Å². The first-order valence-corrected chi connectivity index (χ1v) is 10.8. The smallest absolute Gasteiger partial charge is 0.261 e. The Kier molecular flexibility index (Phi) is 7.65. The summed E-state index contributed by atoms with van der Waals surface area (Å²) in [7, 11) is 0. The number of aryl methyl sites for hydroxylation is 1. The fourth-order valence-corrected chi connectivity index (χ4v) is 3.76. The molecule has 0 saturated heterocycles. The van der Waals surface area contributed by atoms with Gasteiger partial charge in [0.15, 0.2) is 6.61 Å². The van der Waals surface area contributed by atoms with Crippen LogP contribution in [0.3, 0.4) is 0 Å². The molecule has 0 fully saturated rings. The second-order valence-corrected chi connectivity index (χ2v) is 7.60. The zero-order valence-electron chi connectivity index (χ0n) is 18.4. The third-order valence-corrected chi connectivity index (χ3v) is 5.27. The molecule has 0 aliphatic heterocycles. The number of hydrogen-bond acceptors (Lipinski definition) is 3. The molecule has 0 aliphatic rings. The SMILES string of the molecule is CCNC(=O)[C@H](CC)N(Cc1cccc(C)c1)C(=O)COc1cccc2ccccc12. The van der Waals surface area contributed by atoms with E-state index in [0.717, 1.165) is 21.9 Å². The van der Waals surface area contributed by atoms with Crippen LogP contribution in [-0.2, 0) is 16.1 Å². The van der Waals surface area contributed by atoms with Crippen molar-refractivity contribution in [2.75, 3.05) is 13.2 Å². The van der Waals surface area contributed by atoms with E-state index < -0.39 is 6.04 Å². The van der Waals surface area contributed by atoms with E-state index in [1.165, 1.54) is 0 Å². The molecule has 0 unspecified atom stereocenters. The number of fused-ring (bicyclic) bond motifs is 1. The van der Waals surface area contributed by atoms with Crippen LogP contribution in [0.2, 0.25) is 0 Å². The van der Waals surface area contributed by atoms with E-state index in [9.17, 15) is 9.59 Å². The Morgan fingerprint density at radius 1 is 1.00 bits per heavy atom. The van der Waals surface area contributed by atoms with Crippen LogP contribution < -0.4 is 10.1 Å². The first-order chi connectivity index (χ1) is 15.0. The van der Waals surface area contributed by atoms with Crippen molar-refractivity contribution in [3.63, 3.8) is 0 Å². The summed E-state index contributed by atoms with van der Waals surface area (Å²) in [5.74, 6) is 0.303. The molecule has 1 N–H and O–H groups in total. The number of nitrogens with zero attached hydrogens (tertiary/aromatic N) is 1. The molecule has 162 valence electrons. The predicted molar refractivity (Wildman–Crippen MR) is 124 cm³/mol. The summed E-state index contributed by atoms with van der Waals surface area (Å²) in [5, 5.41) is 4.86. The van der Waals surface area contributed by atoms with Gasteiger partial charge in [0, 0.05) is 18.5 Å². The number of amides is 2. The molecule has 0 spiro atoms. The molecule has 0 bridgehead atoms. The lowest BCUT2D eigenvalue weighted by molar-refractivity contribution is -0.142. The lowest BCUT2D eigenvalue weighted by Gasteiger charge is -2.30. The average molecular weight is 419 g/mol. The Balaban J connectivity index is 1.82. The Morgan fingerprint density at radius 2 is 1.74 bits per heavy atom. The number of benzene rings is 3. The topological polar surface area (TPSA) is 58.6 Å². The number of hydrogen-bond donors (Lipinski definition) is 1. The summed E-state index contributed by atoms with van der Waals surface area (Å²) in [6.07, 6.45) is 0.525. The number of likely N-dealkylation sites (N-methyl/N-ethyl adjacent to an activating group) is 1. The van der Waals surface area contributed by atoms with Crippen LogP contribution in [0.1, 0.15) is 31.4 Å². The monoisotopic (exact) mass is 418 g/mol. The summed E-state index contributed by atoms with van der Waals surface area (Å²) in [4.78, 5) is 27.6. The average Bonchev–Trinajstić information content (AvgIpc) is 2.77. The van der Waals surface area contributed by atoms with Crippen LogP contribution in [-0.4, -0.2) is 35.9 Å². The van der Waals surface area contributed by atoms with E-state index in [0.29, 0.717) is 25.3 Å². The number of nitrogens with one attached hydrogen (secondary N) is 1. The molecular weight excluding hydrogens is 388 g/mol. The molecule has 2 amide bonds. The molecule has 0 radical (unpaired) electrons. The molecule has 0 saturated carbocycles. The summed E-state index contributed by atoms with van der Waals surface area (Å²) < 4.78 is 5.93. The van der Waals surface area contributed by atoms with Crippen molar-refractivity contribution in [1.29, 1.82) is 0 Å². The number of carbonyl (C=O) groups excluding carboxylic acids is 2. The van der Waals surface area contributed by atoms with E-state index in [4.69, 9.17) is 4.74 Å². The normalized spacial score (nSPS) is 11.7. The first-order valence-electron chi connectivity index (χ1n) is 10.8. The number of carbonyl (C=O) groups is 2. The Hall–Kier alpha value is -3.34. The minimum Gasteiger partial charge on any atom is -0.483 e. The molecule has 1 atom stereocenters. The van der Waals surface area contributed by atoms with Crippen LogP contribution in [0.5, 0.6) is 5.75 Å². The maximum Gasteiger partial charge on any atom is 0.261 e. The molecule has 31 heavy (non-hydrogen) atoms. The maximum atomic E-state index is 13.3. The van der Waals surface area contributed by atoms with Gasteiger partial charge >= 0.3 is 0 Å². The minimum atomic E-state index is -0.552. The van der Waals surface area contributed by atoms with Crippen molar-refractivity contribution >= 4 is 22.6 Å². The highest BCUT2D eigenvalue weighted by molar-refractivity contribution is 5.90. The van der Waals surface area contributed by atoms with Gasteiger partial charge in [-0.15, -0.1) is 0 Å². The van der Waals surface area contributed by atoms with Crippen molar-refractivity contribution in [1.82, 2.24) is 10.2 Å². The Bertz CT molecular complexity index is 1040. The van der Waals surface area contributed by atoms with Gasteiger partial charge in [-0.1, -0.05) is 73.2 Å². The van der Waals surface area contributed by atoms with Gasteiger partial charge in [-0.05, 0) is 37.3 Å². The van der Waals surface area contributed by atoms with Crippen LogP contribution in [0.15, 0.2) is 66.7 Å². The summed E-state index contributed by atoms with van der Waals surface area (Å²) in [5.41, 5.74) is 2.10. The van der Waals surface area contributed by atoms with Crippen molar-refractivity contribution in [3.05, 3.63) is 77.9 Å². The third-order valence-electron chi connectivity index (χ3n) is 5.27. The highest BCUT2D eigenvalue weighted by atomic mass is 16.5. The lowest BCUT2D eigenvalue weighted by Crippen LogP contribution is -2.50. The zero-order chi connectivity index (χ0) is 22.2. The van der Waals surface area contributed by atoms with Crippen LogP contribution in [0.25, 0.3) is 10.8 Å². The van der Waals surface area contributed by atoms with E-state index >= 15 is 0 Å². The van der Waals surface area contributed by atoms with Crippen molar-refractivity contribution < 1.29 is 14.3 Å². The van der Waals surface area contributed by atoms with Crippen molar-refractivity contribution in [2.24, 2.45) is 0 Å². The lowest BCUT2D eigenvalue weighted by atomic mass is 10.1. The second-order valence-electron chi connectivity index (χ2n) is 7.60. The molecule has 0 heterocycles. The first kappa shape index (κ1) is 22.3. The van der Waals surface area contributed by atoms with Crippen LogP contribution >= 0.6 is 0 Å². The largest absolute Gasteiger partial charge is 0.483 e. The van der Waals surface area contributed by atoms with Crippen molar-refractivity contribution in [3.8, 4) is 5.75 Å². The van der Waals surface area contributed by atoms with Gasteiger partial charge in [0.2, 0.25) is 5.91 Å². The van der Waals surface area contributed by atoms with Gasteiger partial charge in [0.25, 0.3) is 5.91 Å². The van der Waals surface area contributed by atoms with E-state index in [1.54, 1.807) is 4.90 Å². The van der Waals surface area contributed by atoms with Gasteiger partial charge in [0.05, 0.1) is 0 Å². The van der Waals surface area contributed by atoms with E-state index in [1.807, 2.05) is 87.5 Å². The van der Waals surface area contributed by atoms with Crippen LogP contribution in [0, 0.1) is 6.92 Å². The molecule has 3 rings (SSSR count). The second kappa shape index (κ2) is 10.6. The summed E-state index contributed by atoms with van der Waals surface area (Å²) in [6, 6.07) is 21.1. The number of rotatable bonds is 9. The molecule has 5 nitrogen and oxygen atoms in total. The predicted octanol–water partition coefficient (Wildman–Crippen LogP) is 4.47. The quantitative estimate of drug-likeness (QED) is 0.558. The standard InChI is InChI=1S/C26H30N2O3/c1-4-23(26(30)27-5-2)28(17-20-11-8-10-19(3)16-20)25(29)18-31-24-15-9-13-21-12-6-7-14-22(21)24/h6-16,23H,4-5,17-18H2,1-3H3,(H,27,30)/t23-/m0/s1. The zero-order valence-corrected chi connectivity index (χ0v) is 18.4.